The lowest BCUT2D eigenvalue weighted by Gasteiger charge is -2.08. The number of nitrogens with one attached hydrogen (secondary N) is 1. The molecule has 17 heavy (non-hydrogen) atoms. The standard InChI is InChI=1S/C12H13N3O2/c1-17-12(16)9-7-14-11(15-9)10(13)8-5-3-2-4-6-8/h2-7,10H,13H2,1H3,(H,14,15)/t10-/m1/s1. The molecule has 0 unspecified atom stereocenters. The fourth-order valence-corrected chi connectivity index (χ4v) is 1.53. The van der Waals surface area contributed by atoms with Gasteiger partial charge in [0.15, 0.2) is 0 Å². The van der Waals surface area contributed by atoms with E-state index in [1.165, 1.54) is 13.3 Å². The molecule has 0 aliphatic carbocycles. The first kappa shape index (κ1) is 11.3. The molecule has 5 heteroatoms. The molecule has 0 spiro atoms. The summed E-state index contributed by atoms with van der Waals surface area (Å²) in [4.78, 5) is 18.2. The SMILES string of the molecule is COC(=O)c1cnc([C@H](N)c2ccccc2)[nH]1. The average molecular weight is 231 g/mol. The third-order valence-electron chi connectivity index (χ3n) is 2.45. The molecule has 0 amide bonds. The summed E-state index contributed by atoms with van der Waals surface area (Å²) in [5, 5.41) is 0. The third kappa shape index (κ3) is 2.34. The van der Waals surface area contributed by atoms with Gasteiger partial charge in [0.1, 0.15) is 11.5 Å². The van der Waals surface area contributed by atoms with Crippen molar-refractivity contribution >= 4 is 5.97 Å². The average Bonchev–Trinajstić information content (AvgIpc) is 2.87. The fourth-order valence-electron chi connectivity index (χ4n) is 1.53. The Labute approximate surface area is 98.6 Å². The van der Waals surface area contributed by atoms with Gasteiger partial charge in [-0.2, -0.15) is 0 Å². The monoisotopic (exact) mass is 231 g/mol. The largest absolute Gasteiger partial charge is 0.464 e. The Bertz CT molecular complexity index is 507. The van der Waals surface area contributed by atoms with Gasteiger partial charge in [0.05, 0.1) is 19.3 Å². The van der Waals surface area contributed by atoms with E-state index in [1.807, 2.05) is 30.3 Å². The Hall–Kier alpha value is -2.14. The lowest BCUT2D eigenvalue weighted by atomic mass is 10.1. The summed E-state index contributed by atoms with van der Waals surface area (Å²) in [5.74, 6) is 0.0839. The minimum Gasteiger partial charge on any atom is -0.464 e. The number of carbonyl (C=O) groups excluding carboxylic acids is 1. The highest BCUT2D eigenvalue weighted by Crippen LogP contribution is 2.16. The third-order valence-corrected chi connectivity index (χ3v) is 2.45. The molecule has 0 aliphatic rings. The lowest BCUT2D eigenvalue weighted by Crippen LogP contribution is -2.13. The van der Waals surface area contributed by atoms with Gasteiger partial charge < -0.3 is 15.5 Å². The van der Waals surface area contributed by atoms with E-state index in [1.54, 1.807) is 0 Å². The second kappa shape index (κ2) is 4.80. The molecule has 2 rings (SSSR count). The van der Waals surface area contributed by atoms with E-state index in [0.717, 1.165) is 5.56 Å². The van der Waals surface area contributed by atoms with Gasteiger partial charge in [-0.25, -0.2) is 9.78 Å². The van der Waals surface area contributed by atoms with Crippen LogP contribution >= 0.6 is 0 Å². The van der Waals surface area contributed by atoms with Crippen molar-refractivity contribution in [3.8, 4) is 0 Å². The van der Waals surface area contributed by atoms with Crippen LogP contribution in [0.25, 0.3) is 0 Å². The number of hydrogen-bond donors (Lipinski definition) is 2. The summed E-state index contributed by atoms with van der Waals surface area (Å²) in [6.07, 6.45) is 1.42. The predicted octanol–water partition coefficient (Wildman–Crippen LogP) is 1.24. The Kier molecular flexibility index (Phi) is 3.20. The molecule has 88 valence electrons. The Balaban J connectivity index is 2.23. The maximum atomic E-state index is 11.3. The van der Waals surface area contributed by atoms with E-state index in [9.17, 15) is 4.79 Å². The maximum absolute atomic E-state index is 11.3. The molecule has 0 aliphatic heterocycles. The highest BCUT2D eigenvalue weighted by molar-refractivity contribution is 5.86. The molecule has 0 saturated carbocycles. The van der Waals surface area contributed by atoms with E-state index < -0.39 is 5.97 Å². The number of methoxy groups -OCH3 is 1. The highest BCUT2D eigenvalue weighted by atomic mass is 16.5. The van der Waals surface area contributed by atoms with Gasteiger partial charge in [-0.15, -0.1) is 0 Å². The molecule has 0 fully saturated rings. The molecule has 2 aromatic rings. The van der Waals surface area contributed by atoms with E-state index in [4.69, 9.17) is 5.73 Å². The number of benzene rings is 1. The zero-order valence-corrected chi connectivity index (χ0v) is 9.38. The second-order valence-electron chi connectivity index (χ2n) is 3.56. The second-order valence-corrected chi connectivity index (χ2v) is 3.56. The molecule has 0 radical (unpaired) electrons. The molecule has 0 bridgehead atoms. The smallest absolute Gasteiger partial charge is 0.356 e. The minimum atomic E-state index is -0.455. The number of ether oxygens (including phenoxy) is 1. The van der Waals surface area contributed by atoms with Gasteiger partial charge >= 0.3 is 5.97 Å². The van der Waals surface area contributed by atoms with Crippen molar-refractivity contribution in [2.75, 3.05) is 7.11 Å². The summed E-state index contributed by atoms with van der Waals surface area (Å²) in [6, 6.07) is 9.15. The molecule has 0 saturated heterocycles. The summed E-state index contributed by atoms with van der Waals surface area (Å²) < 4.78 is 4.58. The number of imidazole rings is 1. The summed E-state index contributed by atoms with van der Waals surface area (Å²) in [7, 11) is 1.32. The first-order valence-corrected chi connectivity index (χ1v) is 5.16. The highest BCUT2D eigenvalue weighted by Gasteiger charge is 2.15. The Morgan fingerprint density at radius 2 is 2.12 bits per heavy atom. The van der Waals surface area contributed by atoms with Crippen molar-refractivity contribution in [1.82, 2.24) is 9.97 Å². The van der Waals surface area contributed by atoms with Crippen molar-refractivity contribution < 1.29 is 9.53 Å². The minimum absolute atomic E-state index is 0.300. The molecule has 1 aromatic heterocycles. The molecular weight excluding hydrogens is 218 g/mol. The van der Waals surface area contributed by atoms with Crippen molar-refractivity contribution in [3.05, 3.63) is 53.6 Å². The quantitative estimate of drug-likeness (QED) is 0.779. The molecule has 3 N–H and O–H groups in total. The van der Waals surface area contributed by atoms with Crippen molar-refractivity contribution in [2.45, 2.75) is 6.04 Å². The Morgan fingerprint density at radius 3 is 2.76 bits per heavy atom. The topological polar surface area (TPSA) is 81.0 Å². The van der Waals surface area contributed by atoms with Gasteiger partial charge in [-0.3, -0.25) is 0 Å². The number of carbonyl (C=O) groups is 1. The zero-order chi connectivity index (χ0) is 12.3. The van der Waals surface area contributed by atoms with Crippen LogP contribution in [0.5, 0.6) is 0 Å². The summed E-state index contributed by atoms with van der Waals surface area (Å²) in [6.45, 7) is 0. The van der Waals surface area contributed by atoms with Crippen molar-refractivity contribution in [2.24, 2.45) is 5.73 Å². The van der Waals surface area contributed by atoms with Gasteiger partial charge in [0.2, 0.25) is 0 Å². The maximum Gasteiger partial charge on any atom is 0.356 e. The number of H-pyrrole nitrogens is 1. The van der Waals surface area contributed by atoms with E-state index in [2.05, 4.69) is 14.7 Å². The normalized spacial score (nSPS) is 12.1. The van der Waals surface area contributed by atoms with Crippen LogP contribution in [0, 0.1) is 0 Å². The van der Waals surface area contributed by atoms with Gasteiger partial charge in [0, 0.05) is 0 Å². The van der Waals surface area contributed by atoms with Gasteiger partial charge in [-0.05, 0) is 5.56 Å². The number of aromatic nitrogens is 2. The molecule has 1 heterocycles. The van der Waals surface area contributed by atoms with Crippen LogP contribution in [0.4, 0.5) is 0 Å². The van der Waals surface area contributed by atoms with Gasteiger partial charge in [0.25, 0.3) is 0 Å². The zero-order valence-electron chi connectivity index (χ0n) is 9.38. The molecule has 5 nitrogen and oxygen atoms in total. The molecular formula is C12H13N3O2. The van der Waals surface area contributed by atoms with Crippen molar-refractivity contribution in [3.63, 3.8) is 0 Å². The van der Waals surface area contributed by atoms with Crippen LogP contribution in [0.3, 0.4) is 0 Å². The van der Waals surface area contributed by atoms with Crippen LogP contribution in [-0.2, 0) is 4.74 Å². The molecule has 1 atom stereocenters. The number of nitrogens with two attached hydrogens (primary N) is 1. The predicted molar refractivity (Wildman–Crippen MR) is 62.4 cm³/mol. The Morgan fingerprint density at radius 1 is 1.41 bits per heavy atom. The lowest BCUT2D eigenvalue weighted by molar-refractivity contribution is 0.0594. The van der Waals surface area contributed by atoms with Crippen LogP contribution in [0.15, 0.2) is 36.5 Å². The van der Waals surface area contributed by atoms with Crippen molar-refractivity contribution in [1.29, 1.82) is 0 Å². The van der Waals surface area contributed by atoms with Gasteiger partial charge in [-0.1, -0.05) is 30.3 Å². The van der Waals surface area contributed by atoms with E-state index in [-0.39, 0.29) is 6.04 Å². The molecule has 1 aromatic carbocycles. The van der Waals surface area contributed by atoms with E-state index >= 15 is 0 Å². The summed E-state index contributed by atoms with van der Waals surface area (Å²) in [5.41, 5.74) is 7.25. The summed E-state index contributed by atoms with van der Waals surface area (Å²) >= 11 is 0. The van der Waals surface area contributed by atoms with Crippen LogP contribution in [-0.4, -0.2) is 23.0 Å². The number of hydrogen-bond acceptors (Lipinski definition) is 4. The van der Waals surface area contributed by atoms with Crippen LogP contribution in [0.2, 0.25) is 0 Å². The number of esters is 1. The van der Waals surface area contributed by atoms with E-state index in [0.29, 0.717) is 11.5 Å². The number of aromatic amines is 1. The fraction of sp³-hybridized carbons (Fsp3) is 0.167. The first-order valence-electron chi connectivity index (χ1n) is 5.16. The number of nitrogens with zero attached hydrogens (tertiary/aromatic N) is 1. The van der Waals surface area contributed by atoms with Crippen LogP contribution in [0.1, 0.15) is 27.9 Å². The van der Waals surface area contributed by atoms with Crippen LogP contribution < -0.4 is 5.73 Å². The first-order chi connectivity index (χ1) is 8.22. The number of rotatable bonds is 3.